The van der Waals surface area contributed by atoms with E-state index < -0.39 is 0 Å². The third-order valence-corrected chi connectivity index (χ3v) is 4.02. The first-order chi connectivity index (χ1) is 11.1. The lowest BCUT2D eigenvalue weighted by Gasteiger charge is -2.13. The van der Waals surface area contributed by atoms with E-state index in [-0.39, 0.29) is 29.9 Å². The SMILES string of the molecule is CN=C(NCCCSC)NCCc1cccc(C(=O)N(C)C)c1.I. The Bertz CT molecular complexity index is 523. The number of carbonyl (C=O) groups is 1. The van der Waals surface area contributed by atoms with Crippen molar-refractivity contribution in [3.8, 4) is 0 Å². The van der Waals surface area contributed by atoms with E-state index >= 15 is 0 Å². The molecule has 1 aromatic carbocycles. The molecule has 24 heavy (non-hydrogen) atoms. The van der Waals surface area contributed by atoms with E-state index in [0.717, 1.165) is 48.8 Å². The molecule has 0 saturated heterocycles. The van der Waals surface area contributed by atoms with Gasteiger partial charge in [-0.3, -0.25) is 9.79 Å². The van der Waals surface area contributed by atoms with Crippen LogP contribution >= 0.6 is 35.7 Å². The van der Waals surface area contributed by atoms with Crippen LogP contribution in [0.4, 0.5) is 0 Å². The number of amides is 1. The predicted octanol–water partition coefficient (Wildman–Crippen LogP) is 2.47. The van der Waals surface area contributed by atoms with Gasteiger partial charge in [-0.05, 0) is 42.5 Å². The van der Waals surface area contributed by atoms with Crippen LogP contribution in [0.2, 0.25) is 0 Å². The Morgan fingerprint density at radius 3 is 2.58 bits per heavy atom. The zero-order valence-electron chi connectivity index (χ0n) is 15.0. The zero-order chi connectivity index (χ0) is 17.1. The summed E-state index contributed by atoms with van der Waals surface area (Å²) in [7, 11) is 5.31. The van der Waals surface area contributed by atoms with Gasteiger partial charge in [-0.25, -0.2) is 0 Å². The fraction of sp³-hybridized carbons (Fsp3) is 0.529. The molecular weight excluding hydrogens is 435 g/mol. The number of halogens is 1. The molecule has 1 amide bonds. The molecule has 0 aliphatic heterocycles. The molecular formula is C17H29IN4OS. The van der Waals surface area contributed by atoms with Gasteiger partial charge in [0.2, 0.25) is 0 Å². The summed E-state index contributed by atoms with van der Waals surface area (Å²) < 4.78 is 0. The van der Waals surface area contributed by atoms with Crippen molar-refractivity contribution in [1.29, 1.82) is 0 Å². The molecule has 1 rings (SSSR count). The third kappa shape index (κ3) is 8.77. The van der Waals surface area contributed by atoms with E-state index in [4.69, 9.17) is 0 Å². The number of thioether (sulfide) groups is 1. The zero-order valence-corrected chi connectivity index (χ0v) is 18.1. The quantitative estimate of drug-likeness (QED) is 0.269. The van der Waals surface area contributed by atoms with Gasteiger partial charge in [0.1, 0.15) is 0 Å². The van der Waals surface area contributed by atoms with Crippen molar-refractivity contribution in [3.05, 3.63) is 35.4 Å². The summed E-state index contributed by atoms with van der Waals surface area (Å²) in [6, 6.07) is 7.79. The van der Waals surface area contributed by atoms with Crippen LogP contribution < -0.4 is 10.6 Å². The number of benzene rings is 1. The van der Waals surface area contributed by atoms with Gasteiger partial charge in [-0.2, -0.15) is 11.8 Å². The largest absolute Gasteiger partial charge is 0.356 e. The first-order valence-electron chi connectivity index (χ1n) is 7.82. The Balaban J connectivity index is 0.00000529. The van der Waals surface area contributed by atoms with E-state index in [1.54, 1.807) is 26.0 Å². The van der Waals surface area contributed by atoms with Crippen LogP contribution in [0.1, 0.15) is 22.3 Å². The molecule has 0 aliphatic carbocycles. The lowest BCUT2D eigenvalue weighted by molar-refractivity contribution is 0.0827. The van der Waals surface area contributed by atoms with Crippen LogP contribution in [0.15, 0.2) is 29.3 Å². The van der Waals surface area contributed by atoms with Crippen molar-refractivity contribution in [1.82, 2.24) is 15.5 Å². The lowest BCUT2D eigenvalue weighted by atomic mass is 10.1. The first-order valence-corrected chi connectivity index (χ1v) is 9.22. The molecule has 0 unspecified atom stereocenters. The highest BCUT2D eigenvalue weighted by atomic mass is 127. The average molecular weight is 464 g/mol. The Kier molecular flexibility index (Phi) is 12.8. The second kappa shape index (κ2) is 13.3. The number of nitrogens with zero attached hydrogens (tertiary/aromatic N) is 2. The highest BCUT2D eigenvalue weighted by Gasteiger charge is 2.08. The topological polar surface area (TPSA) is 56.7 Å². The van der Waals surface area contributed by atoms with Crippen LogP contribution in [0.5, 0.6) is 0 Å². The summed E-state index contributed by atoms with van der Waals surface area (Å²) in [6.45, 7) is 1.70. The van der Waals surface area contributed by atoms with Gasteiger partial charge in [-0.15, -0.1) is 24.0 Å². The second-order valence-electron chi connectivity index (χ2n) is 5.42. The number of guanidine groups is 1. The number of rotatable bonds is 8. The summed E-state index contributed by atoms with van der Waals surface area (Å²) in [6.07, 6.45) is 4.08. The van der Waals surface area contributed by atoms with E-state index in [1.165, 1.54) is 0 Å². The number of hydrogen-bond acceptors (Lipinski definition) is 3. The van der Waals surface area contributed by atoms with Crippen molar-refractivity contribution in [3.63, 3.8) is 0 Å². The first kappa shape index (κ1) is 23.0. The van der Waals surface area contributed by atoms with Gasteiger partial charge in [-0.1, -0.05) is 12.1 Å². The summed E-state index contributed by atoms with van der Waals surface area (Å²) in [5.74, 6) is 2.01. The fourth-order valence-corrected chi connectivity index (χ4v) is 2.52. The third-order valence-electron chi connectivity index (χ3n) is 3.33. The summed E-state index contributed by atoms with van der Waals surface area (Å²) >= 11 is 1.85. The molecule has 0 radical (unpaired) electrons. The van der Waals surface area contributed by atoms with Crippen LogP contribution in [-0.4, -0.2) is 63.0 Å². The molecule has 0 fully saturated rings. The molecule has 136 valence electrons. The molecule has 0 aromatic heterocycles. The second-order valence-corrected chi connectivity index (χ2v) is 6.41. The summed E-state index contributed by atoms with van der Waals surface area (Å²) in [5.41, 5.74) is 1.87. The fourth-order valence-electron chi connectivity index (χ4n) is 2.09. The Morgan fingerprint density at radius 1 is 1.25 bits per heavy atom. The van der Waals surface area contributed by atoms with Crippen LogP contribution in [0.3, 0.4) is 0 Å². The van der Waals surface area contributed by atoms with Crippen LogP contribution in [0.25, 0.3) is 0 Å². The highest BCUT2D eigenvalue weighted by Crippen LogP contribution is 2.07. The molecule has 0 heterocycles. The Morgan fingerprint density at radius 2 is 1.96 bits per heavy atom. The summed E-state index contributed by atoms with van der Waals surface area (Å²) in [4.78, 5) is 17.8. The highest BCUT2D eigenvalue weighted by molar-refractivity contribution is 14.0. The predicted molar refractivity (Wildman–Crippen MR) is 116 cm³/mol. The molecule has 7 heteroatoms. The molecule has 2 N–H and O–H groups in total. The van der Waals surface area contributed by atoms with Crippen molar-refractivity contribution < 1.29 is 4.79 Å². The Hall–Kier alpha value is -0.960. The average Bonchev–Trinajstić information content (AvgIpc) is 2.56. The molecule has 0 aliphatic rings. The van der Waals surface area contributed by atoms with E-state index in [2.05, 4.69) is 21.9 Å². The molecule has 0 bridgehead atoms. The molecule has 0 atom stereocenters. The number of carbonyl (C=O) groups excluding carboxylic acids is 1. The maximum absolute atomic E-state index is 12.0. The van der Waals surface area contributed by atoms with Gasteiger partial charge < -0.3 is 15.5 Å². The van der Waals surface area contributed by atoms with Crippen molar-refractivity contribution in [2.24, 2.45) is 4.99 Å². The van der Waals surface area contributed by atoms with Crippen LogP contribution in [0, 0.1) is 0 Å². The van der Waals surface area contributed by atoms with Crippen LogP contribution in [-0.2, 0) is 6.42 Å². The molecule has 5 nitrogen and oxygen atoms in total. The minimum atomic E-state index is 0. The normalized spacial score (nSPS) is 10.8. The minimum Gasteiger partial charge on any atom is -0.356 e. The Labute approximate surface area is 167 Å². The number of aliphatic imine (C=N–C) groups is 1. The molecule has 0 spiro atoms. The van der Waals surface area contributed by atoms with Gasteiger partial charge in [0.15, 0.2) is 5.96 Å². The smallest absolute Gasteiger partial charge is 0.253 e. The van der Waals surface area contributed by atoms with Gasteiger partial charge in [0.25, 0.3) is 5.91 Å². The number of nitrogens with one attached hydrogen (secondary N) is 2. The monoisotopic (exact) mass is 464 g/mol. The van der Waals surface area contributed by atoms with Gasteiger partial charge in [0.05, 0.1) is 0 Å². The van der Waals surface area contributed by atoms with Crippen molar-refractivity contribution in [2.75, 3.05) is 46.2 Å². The van der Waals surface area contributed by atoms with E-state index in [9.17, 15) is 4.79 Å². The van der Waals surface area contributed by atoms with E-state index in [0.29, 0.717) is 0 Å². The van der Waals surface area contributed by atoms with Gasteiger partial charge in [0, 0.05) is 39.8 Å². The summed E-state index contributed by atoms with van der Waals surface area (Å²) in [5, 5.41) is 6.60. The van der Waals surface area contributed by atoms with Gasteiger partial charge >= 0.3 is 0 Å². The van der Waals surface area contributed by atoms with E-state index in [1.807, 2.05) is 36.0 Å². The standard InChI is InChI=1S/C17H28N4OS.HI/c1-18-17(19-10-6-12-23-4)20-11-9-14-7-5-8-15(13-14)16(22)21(2)3;/h5,7-8,13H,6,9-12H2,1-4H3,(H2,18,19,20);1H. The van der Waals surface area contributed by atoms with Crippen molar-refractivity contribution >= 4 is 47.6 Å². The number of hydrogen-bond donors (Lipinski definition) is 2. The maximum Gasteiger partial charge on any atom is 0.253 e. The lowest BCUT2D eigenvalue weighted by Crippen LogP contribution is -2.38. The maximum atomic E-state index is 12.0. The molecule has 0 saturated carbocycles. The van der Waals surface area contributed by atoms with Crippen molar-refractivity contribution in [2.45, 2.75) is 12.8 Å². The molecule has 1 aromatic rings. The minimum absolute atomic E-state index is 0.